The highest BCUT2D eigenvalue weighted by atomic mass is 16.5. The molecule has 1 heterocycles. The lowest BCUT2D eigenvalue weighted by atomic mass is 10.2. The van der Waals surface area contributed by atoms with E-state index in [2.05, 4.69) is 16.4 Å². The van der Waals surface area contributed by atoms with Gasteiger partial charge in [-0.25, -0.2) is 0 Å². The molecule has 0 bridgehead atoms. The first-order chi connectivity index (χ1) is 9.80. The number of hydrogen-bond donors (Lipinski definition) is 1. The van der Waals surface area contributed by atoms with Crippen molar-refractivity contribution < 1.29 is 9.15 Å². The van der Waals surface area contributed by atoms with Crippen LogP contribution in [0.25, 0.3) is 11.1 Å². The number of ether oxygens (including phenoxy) is 1. The largest absolute Gasteiger partial charge is 0.495 e. The Hall–Kier alpha value is -3.00. The van der Waals surface area contributed by atoms with Gasteiger partial charge in [0.15, 0.2) is 5.58 Å². The Morgan fingerprint density at radius 3 is 2.85 bits per heavy atom. The fourth-order valence-corrected chi connectivity index (χ4v) is 1.91. The number of anilines is 2. The first-order valence-corrected chi connectivity index (χ1v) is 6.01. The second-order valence-corrected chi connectivity index (χ2v) is 4.14. The van der Waals surface area contributed by atoms with Gasteiger partial charge in [-0.15, -0.1) is 0 Å². The molecule has 98 valence electrons. The molecule has 0 fully saturated rings. The van der Waals surface area contributed by atoms with Gasteiger partial charge in [0.1, 0.15) is 17.3 Å². The molecule has 1 N–H and O–H groups in total. The second kappa shape index (κ2) is 4.94. The predicted octanol–water partition coefficient (Wildman–Crippen LogP) is 3.45. The first kappa shape index (κ1) is 12.1. The maximum atomic E-state index is 8.94. The van der Waals surface area contributed by atoms with E-state index in [1.54, 1.807) is 18.2 Å². The van der Waals surface area contributed by atoms with Crippen LogP contribution < -0.4 is 10.1 Å². The summed E-state index contributed by atoms with van der Waals surface area (Å²) < 4.78 is 10.7. The summed E-state index contributed by atoms with van der Waals surface area (Å²) in [7, 11) is 1.53. The summed E-state index contributed by atoms with van der Waals surface area (Å²) in [4.78, 5) is 4.32. The molecular formula is C15H11N3O2. The summed E-state index contributed by atoms with van der Waals surface area (Å²) in [6, 6.07) is 15.2. The molecule has 20 heavy (non-hydrogen) atoms. The van der Waals surface area contributed by atoms with Crippen molar-refractivity contribution in [2.75, 3.05) is 12.4 Å². The predicted molar refractivity (Wildman–Crippen MR) is 75.0 cm³/mol. The summed E-state index contributed by atoms with van der Waals surface area (Å²) in [6.07, 6.45) is 0. The minimum Gasteiger partial charge on any atom is -0.495 e. The number of benzene rings is 2. The van der Waals surface area contributed by atoms with Crippen LogP contribution in [0.2, 0.25) is 0 Å². The topological polar surface area (TPSA) is 71.1 Å². The SMILES string of the molecule is COc1cc(Nc2nc3ccccc3o2)ccc1C#N. The summed E-state index contributed by atoms with van der Waals surface area (Å²) in [6.45, 7) is 0. The van der Waals surface area contributed by atoms with Crippen molar-refractivity contribution in [2.24, 2.45) is 0 Å². The van der Waals surface area contributed by atoms with Gasteiger partial charge in [-0.1, -0.05) is 12.1 Å². The molecule has 0 aliphatic heterocycles. The van der Waals surface area contributed by atoms with Crippen molar-refractivity contribution in [1.82, 2.24) is 4.98 Å². The smallest absolute Gasteiger partial charge is 0.300 e. The van der Waals surface area contributed by atoms with Crippen LogP contribution in [0.1, 0.15) is 5.56 Å². The van der Waals surface area contributed by atoms with Gasteiger partial charge in [0.25, 0.3) is 6.01 Å². The molecule has 5 heteroatoms. The van der Waals surface area contributed by atoms with Crippen molar-refractivity contribution in [3.63, 3.8) is 0 Å². The van der Waals surface area contributed by atoms with Gasteiger partial charge < -0.3 is 14.5 Å². The van der Waals surface area contributed by atoms with Gasteiger partial charge in [-0.3, -0.25) is 0 Å². The average Bonchev–Trinajstić information content (AvgIpc) is 2.89. The van der Waals surface area contributed by atoms with Crippen LogP contribution in [0.4, 0.5) is 11.7 Å². The Morgan fingerprint density at radius 1 is 1.25 bits per heavy atom. The molecule has 1 aromatic heterocycles. The number of nitrogens with one attached hydrogen (secondary N) is 1. The highest BCUT2D eigenvalue weighted by Gasteiger charge is 2.07. The number of aromatic nitrogens is 1. The maximum absolute atomic E-state index is 8.94. The monoisotopic (exact) mass is 265 g/mol. The molecule has 0 saturated heterocycles. The Balaban J connectivity index is 1.92. The number of para-hydroxylation sites is 2. The Labute approximate surface area is 115 Å². The molecule has 3 aromatic rings. The lowest BCUT2D eigenvalue weighted by Crippen LogP contribution is -1.93. The first-order valence-electron chi connectivity index (χ1n) is 6.01. The zero-order valence-electron chi connectivity index (χ0n) is 10.8. The van der Waals surface area contributed by atoms with Gasteiger partial charge in [-0.05, 0) is 24.3 Å². The van der Waals surface area contributed by atoms with Gasteiger partial charge in [0, 0.05) is 11.8 Å². The lowest BCUT2D eigenvalue weighted by molar-refractivity contribution is 0.413. The normalized spacial score (nSPS) is 10.2. The van der Waals surface area contributed by atoms with E-state index in [1.807, 2.05) is 24.3 Å². The highest BCUT2D eigenvalue weighted by Crippen LogP contribution is 2.26. The number of rotatable bonds is 3. The second-order valence-electron chi connectivity index (χ2n) is 4.14. The highest BCUT2D eigenvalue weighted by molar-refractivity contribution is 5.75. The zero-order chi connectivity index (χ0) is 13.9. The molecule has 0 amide bonds. The fraction of sp³-hybridized carbons (Fsp3) is 0.0667. The summed E-state index contributed by atoms with van der Waals surface area (Å²) >= 11 is 0. The van der Waals surface area contributed by atoms with Crippen molar-refractivity contribution in [3.05, 3.63) is 48.0 Å². The van der Waals surface area contributed by atoms with Crippen molar-refractivity contribution in [2.45, 2.75) is 0 Å². The van der Waals surface area contributed by atoms with E-state index in [0.717, 1.165) is 16.8 Å². The van der Waals surface area contributed by atoms with Crippen LogP contribution >= 0.6 is 0 Å². The molecule has 0 spiro atoms. The standard InChI is InChI=1S/C15H11N3O2/c1-19-14-8-11(7-6-10(14)9-16)17-15-18-12-4-2-3-5-13(12)20-15/h2-8H,1H3,(H,17,18). The summed E-state index contributed by atoms with van der Waals surface area (Å²) in [5.41, 5.74) is 2.73. The van der Waals surface area contributed by atoms with E-state index in [4.69, 9.17) is 14.4 Å². The summed E-state index contributed by atoms with van der Waals surface area (Å²) in [5.74, 6) is 0.508. The van der Waals surface area contributed by atoms with Gasteiger partial charge in [0.2, 0.25) is 0 Å². The minimum absolute atomic E-state index is 0.401. The number of fused-ring (bicyclic) bond motifs is 1. The average molecular weight is 265 g/mol. The Morgan fingerprint density at radius 2 is 2.10 bits per heavy atom. The summed E-state index contributed by atoms with van der Waals surface area (Å²) in [5, 5.41) is 12.0. The zero-order valence-corrected chi connectivity index (χ0v) is 10.8. The Bertz CT molecular complexity index is 769. The Kier molecular flexibility index (Phi) is 2.98. The third-order valence-electron chi connectivity index (χ3n) is 2.87. The number of hydrogen-bond acceptors (Lipinski definition) is 5. The van der Waals surface area contributed by atoms with Gasteiger partial charge in [0.05, 0.1) is 12.7 Å². The molecule has 3 rings (SSSR count). The fourth-order valence-electron chi connectivity index (χ4n) is 1.91. The van der Waals surface area contributed by atoms with Gasteiger partial charge in [-0.2, -0.15) is 10.2 Å². The number of nitrogens with zero attached hydrogens (tertiary/aromatic N) is 2. The van der Waals surface area contributed by atoms with Gasteiger partial charge >= 0.3 is 0 Å². The molecule has 0 atom stereocenters. The van der Waals surface area contributed by atoms with E-state index in [-0.39, 0.29) is 0 Å². The van der Waals surface area contributed by atoms with E-state index in [9.17, 15) is 0 Å². The van der Waals surface area contributed by atoms with Crippen molar-refractivity contribution >= 4 is 22.8 Å². The maximum Gasteiger partial charge on any atom is 0.300 e. The van der Waals surface area contributed by atoms with Crippen LogP contribution in [0, 0.1) is 11.3 Å². The number of nitriles is 1. The molecule has 2 aromatic carbocycles. The van der Waals surface area contributed by atoms with Crippen LogP contribution in [-0.2, 0) is 0 Å². The van der Waals surface area contributed by atoms with E-state index in [0.29, 0.717) is 17.3 Å². The molecule has 0 saturated carbocycles. The third kappa shape index (κ3) is 2.15. The van der Waals surface area contributed by atoms with Crippen molar-refractivity contribution in [3.8, 4) is 11.8 Å². The molecule has 0 unspecified atom stereocenters. The lowest BCUT2D eigenvalue weighted by Gasteiger charge is -2.06. The van der Waals surface area contributed by atoms with E-state index >= 15 is 0 Å². The molecule has 0 aliphatic carbocycles. The van der Waals surface area contributed by atoms with Crippen LogP contribution in [-0.4, -0.2) is 12.1 Å². The van der Waals surface area contributed by atoms with E-state index in [1.165, 1.54) is 7.11 Å². The minimum atomic E-state index is 0.401. The molecular weight excluding hydrogens is 254 g/mol. The van der Waals surface area contributed by atoms with Crippen molar-refractivity contribution in [1.29, 1.82) is 5.26 Å². The van der Waals surface area contributed by atoms with Crippen LogP contribution in [0.15, 0.2) is 46.9 Å². The molecule has 0 radical (unpaired) electrons. The number of methoxy groups -OCH3 is 1. The van der Waals surface area contributed by atoms with Crippen LogP contribution in [0.3, 0.4) is 0 Å². The quantitative estimate of drug-likeness (QED) is 0.785. The van der Waals surface area contributed by atoms with E-state index < -0.39 is 0 Å². The third-order valence-corrected chi connectivity index (χ3v) is 2.87. The molecule has 0 aliphatic rings. The molecule has 5 nitrogen and oxygen atoms in total. The number of oxazole rings is 1. The van der Waals surface area contributed by atoms with Crippen LogP contribution in [0.5, 0.6) is 5.75 Å².